The minimum Gasteiger partial charge on any atom is -0.508 e. The van der Waals surface area contributed by atoms with Crippen LogP contribution in [-0.2, 0) is 9.53 Å². The Kier molecular flexibility index (Phi) is 3.89. The number of nitrogens with zero attached hydrogens (tertiary/aromatic N) is 2. The van der Waals surface area contributed by atoms with Gasteiger partial charge in [0.05, 0.1) is 25.3 Å². The Balaban J connectivity index is 1.87. The number of aromatic hydroxyl groups is 1. The van der Waals surface area contributed by atoms with Gasteiger partial charge < -0.3 is 19.3 Å². The molecule has 7 nitrogen and oxygen atoms in total. The number of fused-ring (bicyclic) bond motifs is 2. The van der Waals surface area contributed by atoms with Gasteiger partial charge in [0.2, 0.25) is 6.79 Å². The van der Waals surface area contributed by atoms with Crippen LogP contribution in [0.2, 0.25) is 0 Å². The van der Waals surface area contributed by atoms with Crippen LogP contribution in [0.4, 0.5) is 0 Å². The van der Waals surface area contributed by atoms with Crippen molar-refractivity contribution in [1.82, 2.24) is 8.75 Å². The zero-order chi connectivity index (χ0) is 17.4. The highest BCUT2D eigenvalue weighted by molar-refractivity contribution is 7.00. The molecule has 1 N–H and O–H groups in total. The molecule has 0 saturated heterocycles. The van der Waals surface area contributed by atoms with Crippen molar-refractivity contribution in [2.45, 2.75) is 12.3 Å². The Labute approximate surface area is 147 Å². The molecule has 3 aromatic rings. The first-order valence-electron chi connectivity index (χ1n) is 7.58. The number of carbonyl (C=O) groups excluding carboxylic acids is 1. The zero-order valence-corrected chi connectivity index (χ0v) is 14.1. The Bertz CT molecular complexity index is 955. The summed E-state index contributed by atoms with van der Waals surface area (Å²) in [6.45, 7) is 0.164. The molecular formula is C17H14N2O5S. The predicted octanol–water partition coefficient (Wildman–Crippen LogP) is 2.82. The molecule has 8 heteroatoms. The topological polar surface area (TPSA) is 90.8 Å². The van der Waals surface area contributed by atoms with Gasteiger partial charge in [-0.3, -0.25) is 4.79 Å². The second-order valence-corrected chi connectivity index (χ2v) is 6.10. The van der Waals surface area contributed by atoms with E-state index in [1.54, 1.807) is 18.2 Å². The van der Waals surface area contributed by atoms with E-state index in [0.29, 0.717) is 28.1 Å². The first-order chi connectivity index (χ1) is 12.2. The van der Waals surface area contributed by atoms with Gasteiger partial charge in [0.25, 0.3) is 0 Å². The van der Waals surface area contributed by atoms with Gasteiger partial charge in [-0.1, -0.05) is 6.07 Å². The molecule has 4 rings (SSSR count). The highest BCUT2D eigenvalue weighted by atomic mass is 32.1. The number of esters is 1. The van der Waals surface area contributed by atoms with Crippen molar-refractivity contribution in [3.05, 3.63) is 41.5 Å². The van der Waals surface area contributed by atoms with Crippen LogP contribution in [0, 0.1) is 0 Å². The van der Waals surface area contributed by atoms with E-state index in [2.05, 4.69) is 8.75 Å². The quantitative estimate of drug-likeness (QED) is 0.717. The maximum absolute atomic E-state index is 12.0. The molecular weight excluding hydrogens is 344 g/mol. The van der Waals surface area contributed by atoms with Crippen LogP contribution in [0.15, 0.2) is 30.3 Å². The summed E-state index contributed by atoms with van der Waals surface area (Å²) in [5.74, 6) is 0.484. The molecule has 0 fully saturated rings. The molecule has 0 aliphatic carbocycles. The summed E-state index contributed by atoms with van der Waals surface area (Å²) in [5.41, 5.74) is 2.60. The zero-order valence-electron chi connectivity index (χ0n) is 13.3. The van der Waals surface area contributed by atoms with Gasteiger partial charge >= 0.3 is 5.97 Å². The second-order valence-electron chi connectivity index (χ2n) is 5.58. The fourth-order valence-corrected chi connectivity index (χ4v) is 3.52. The normalized spacial score (nSPS) is 13.8. The molecule has 0 bridgehead atoms. The number of ether oxygens (including phenoxy) is 3. The molecule has 1 atom stereocenters. The van der Waals surface area contributed by atoms with E-state index >= 15 is 0 Å². The van der Waals surface area contributed by atoms with Crippen LogP contribution in [-0.4, -0.2) is 33.7 Å². The number of rotatable bonds is 4. The van der Waals surface area contributed by atoms with E-state index in [9.17, 15) is 9.90 Å². The van der Waals surface area contributed by atoms with Crippen molar-refractivity contribution < 1.29 is 24.1 Å². The van der Waals surface area contributed by atoms with E-state index in [1.807, 2.05) is 12.1 Å². The maximum atomic E-state index is 12.0. The van der Waals surface area contributed by atoms with Gasteiger partial charge in [0, 0.05) is 11.5 Å². The largest absolute Gasteiger partial charge is 0.508 e. The molecule has 0 unspecified atom stereocenters. The molecule has 0 radical (unpaired) electrons. The lowest BCUT2D eigenvalue weighted by atomic mass is 9.87. The molecule has 0 saturated carbocycles. The SMILES string of the molecule is COC(=O)C[C@@H](c1ccc2c(c1)OCO2)c1c(O)ccc2nsnc12. The number of phenolic OH excluding ortho intramolecular Hbond substituents is 1. The van der Waals surface area contributed by atoms with Crippen LogP contribution in [0.3, 0.4) is 0 Å². The number of carbonyl (C=O) groups is 1. The second kappa shape index (κ2) is 6.21. The number of hydrogen-bond donors (Lipinski definition) is 1. The summed E-state index contributed by atoms with van der Waals surface area (Å²) in [6, 6.07) is 8.72. The minimum absolute atomic E-state index is 0.0559. The number of methoxy groups -OCH3 is 1. The average molecular weight is 358 g/mol. The van der Waals surface area contributed by atoms with Crippen LogP contribution in [0.5, 0.6) is 17.2 Å². The smallest absolute Gasteiger partial charge is 0.306 e. The minimum atomic E-state index is -0.449. The third-order valence-corrected chi connectivity index (χ3v) is 4.73. The number of hydrogen-bond acceptors (Lipinski definition) is 8. The van der Waals surface area contributed by atoms with Gasteiger partial charge in [-0.15, -0.1) is 0 Å². The van der Waals surface area contributed by atoms with E-state index < -0.39 is 5.92 Å². The Morgan fingerprint density at radius 3 is 2.96 bits per heavy atom. The van der Waals surface area contributed by atoms with Crippen molar-refractivity contribution >= 4 is 28.7 Å². The van der Waals surface area contributed by atoms with E-state index in [1.165, 1.54) is 7.11 Å². The monoisotopic (exact) mass is 358 g/mol. The predicted molar refractivity (Wildman–Crippen MR) is 90.1 cm³/mol. The first-order valence-corrected chi connectivity index (χ1v) is 8.31. The van der Waals surface area contributed by atoms with E-state index in [4.69, 9.17) is 14.2 Å². The van der Waals surface area contributed by atoms with E-state index in [-0.39, 0.29) is 24.9 Å². The molecule has 1 aliphatic rings. The third-order valence-electron chi connectivity index (χ3n) is 4.19. The molecule has 1 aliphatic heterocycles. The fraction of sp³-hybridized carbons (Fsp3) is 0.235. The van der Waals surface area contributed by atoms with Crippen LogP contribution >= 0.6 is 11.7 Å². The Morgan fingerprint density at radius 1 is 1.28 bits per heavy atom. The Morgan fingerprint density at radius 2 is 2.12 bits per heavy atom. The van der Waals surface area contributed by atoms with Crippen molar-refractivity contribution in [2.24, 2.45) is 0 Å². The molecule has 2 heterocycles. The number of aromatic nitrogens is 2. The van der Waals surface area contributed by atoms with Crippen LogP contribution in [0.1, 0.15) is 23.5 Å². The summed E-state index contributed by atoms with van der Waals surface area (Å²) in [7, 11) is 1.34. The van der Waals surface area contributed by atoms with Gasteiger partial charge in [-0.25, -0.2) is 0 Å². The average Bonchev–Trinajstić information content (AvgIpc) is 3.28. The standard InChI is InChI=1S/C17H14N2O5S/c1-22-15(21)7-10(9-2-5-13-14(6-9)24-8-23-13)16-12(20)4-3-11-17(16)19-25-18-11/h2-6,10,20H,7-8H2,1H3/t10-/m0/s1. The summed E-state index contributed by atoms with van der Waals surface area (Å²) in [4.78, 5) is 12.0. The van der Waals surface area contributed by atoms with Crippen molar-refractivity contribution in [2.75, 3.05) is 13.9 Å². The van der Waals surface area contributed by atoms with Crippen LogP contribution in [0.25, 0.3) is 11.0 Å². The first kappa shape index (κ1) is 15.6. The van der Waals surface area contributed by atoms with Gasteiger partial charge in [-0.2, -0.15) is 8.75 Å². The molecule has 0 spiro atoms. The summed E-state index contributed by atoms with van der Waals surface area (Å²) in [5, 5.41) is 10.5. The summed E-state index contributed by atoms with van der Waals surface area (Å²) < 4.78 is 24.1. The summed E-state index contributed by atoms with van der Waals surface area (Å²) in [6.07, 6.45) is 0.0559. The number of phenols is 1. The summed E-state index contributed by atoms with van der Waals surface area (Å²) >= 11 is 1.06. The molecule has 128 valence electrons. The van der Waals surface area contributed by atoms with Crippen molar-refractivity contribution in [3.63, 3.8) is 0 Å². The lowest BCUT2D eigenvalue weighted by Crippen LogP contribution is -2.11. The van der Waals surface area contributed by atoms with E-state index in [0.717, 1.165) is 17.3 Å². The lowest BCUT2D eigenvalue weighted by Gasteiger charge is -2.18. The Hall–Kier alpha value is -2.87. The molecule has 2 aromatic carbocycles. The highest BCUT2D eigenvalue weighted by Crippen LogP contribution is 2.42. The lowest BCUT2D eigenvalue weighted by molar-refractivity contribution is -0.140. The van der Waals surface area contributed by atoms with Crippen LogP contribution < -0.4 is 9.47 Å². The third kappa shape index (κ3) is 2.74. The molecule has 0 amide bonds. The van der Waals surface area contributed by atoms with Gasteiger partial charge in [0.15, 0.2) is 11.5 Å². The highest BCUT2D eigenvalue weighted by Gasteiger charge is 2.27. The fourth-order valence-electron chi connectivity index (χ4n) is 2.97. The molecule has 25 heavy (non-hydrogen) atoms. The van der Waals surface area contributed by atoms with Crippen molar-refractivity contribution in [1.29, 1.82) is 0 Å². The van der Waals surface area contributed by atoms with Gasteiger partial charge in [0.1, 0.15) is 16.8 Å². The maximum Gasteiger partial charge on any atom is 0.306 e. The molecule has 1 aromatic heterocycles. The van der Waals surface area contributed by atoms with Crippen molar-refractivity contribution in [3.8, 4) is 17.2 Å². The number of benzene rings is 2. The van der Waals surface area contributed by atoms with Gasteiger partial charge in [-0.05, 0) is 29.8 Å².